The number of hydrogen-bond acceptors (Lipinski definition) is 3. The van der Waals surface area contributed by atoms with Crippen molar-refractivity contribution in [1.29, 1.82) is 0 Å². The Kier molecular flexibility index (Phi) is 4.68. The second kappa shape index (κ2) is 6.67. The van der Waals surface area contributed by atoms with E-state index in [2.05, 4.69) is 5.32 Å². The number of aryl methyl sites for hydroxylation is 1. The first-order valence-corrected chi connectivity index (χ1v) is 6.70. The minimum absolute atomic E-state index is 0.0348. The highest BCUT2D eigenvalue weighted by atomic mass is 16.4. The molecule has 2 aromatic carbocycles. The van der Waals surface area contributed by atoms with Crippen LogP contribution in [0.4, 0.5) is 0 Å². The molecule has 0 saturated carbocycles. The van der Waals surface area contributed by atoms with Gasteiger partial charge in [-0.2, -0.15) is 0 Å². The van der Waals surface area contributed by atoms with Crippen molar-refractivity contribution in [2.75, 3.05) is 6.54 Å². The topological polar surface area (TPSA) is 83.5 Å². The lowest BCUT2D eigenvalue weighted by Gasteiger charge is -2.08. The maximum absolute atomic E-state index is 12.1. The molecular weight excluding hydrogens is 282 g/mol. The van der Waals surface area contributed by atoms with Crippen LogP contribution in [0.5, 0.6) is 0 Å². The van der Waals surface area contributed by atoms with E-state index in [-0.39, 0.29) is 23.5 Å². The maximum Gasteiger partial charge on any atom is 0.336 e. The number of aromatic carboxylic acids is 1. The van der Waals surface area contributed by atoms with E-state index in [9.17, 15) is 14.4 Å². The molecule has 0 aliphatic heterocycles. The molecule has 2 rings (SSSR count). The molecule has 5 nitrogen and oxygen atoms in total. The molecule has 0 bridgehead atoms. The Hall–Kier alpha value is -2.95. The predicted octanol–water partition coefficient (Wildman–Crippen LogP) is 2.31. The molecule has 0 heterocycles. The van der Waals surface area contributed by atoms with E-state index in [0.29, 0.717) is 5.56 Å². The molecule has 2 aromatic rings. The molecule has 0 atom stereocenters. The average Bonchev–Trinajstić information content (AvgIpc) is 2.52. The van der Waals surface area contributed by atoms with Gasteiger partial charge in [0.1, 0.15) is 0 Å². The van der Waals surface area contributed by atoms with Crippen molar-refractivity contribution in [2.24, 2.45) is 0 Å². The zero-order valence-corrected chi connectivity index (χ0v) is 12.0. The van der Waals surface area contributed by atoms with Crippen LogP contribution in [0.25, 0.3) is 0 Å². The summed E-state index contributed by atoms with van der Waals surface area (Å²) in [6, 6.07) is 13.0. The minimum atomic E-state index is -1.18. The number of benzene rings is 2. The minimum Gasteiger partial charge on any atom is -0.478 e. The Labute approximate surface area is 127 Å². The fourth-order valence-corrected chi connectivity index (χ4v) is 2.10. The predicted molar refractivity (Wildman–Crippen MR) is 81.2 cm³/mol. The van der Waals surface area contributed by atoms with Gasteiger partial charge in [-0.25, -0.2) is 4.79 Å². The van der Waals surface area contributed by atoms with Crippen LogP contribution < -0.4 is 5.32 Å². The first kappa shape index (κ1) is 15.4. The van der Waals surface area contributed by atoms with Crippen LogP contribution >= 0.6 is 0 Å². The van der Waals surface area contributed by atoms with Gasteiger partial charge in [-0.3, -0.25) is 9.59 Å². The van der Waals surface area contributed by atoms with Gasteiger partial charge >= 0.3 is 5.97 Å². The summed E-state index contributed by atoms with van der Waals surface area (Å²) in [6.45, 7) is 1.63. The molecule has 0 radical (unpaired) electrons. The van der Waals surface area contributed by atoms with E-state index in [1.165, 1.54) is 12.1 Å². The van der Waals surface area contributed by atoms with Crippen molar-refractivity contribution in [3.05, 3.63) is 70.8 Å². The van der Waals surface area contributed by atoms with Gasteiger partial charge in [-0.1, -0.05) is 36.4 Å². The molecule has 0 spiro atoms. The quantitative estimate of drug-likeness (QED) is 0.829. The summed E-state index contributed by atoms with van der Waals surface area (Å²) in [5.74, 6) is -1.99. The second-order valence-corrected chi connectivity index (χ2v) is 4.77. The fraction of sp³-hybridized carbons (Fsp3) is 0.118. The van der Waals surface area contributed by atoms with Crippen molar-refractivity contribution in [3.63, 3.8) is 0 Å². The lowest BCUT2D eigenvalue weighted by Crippen LogP contribution is -2.31. The summed E-state index contributed by atoms with van der Waals surface area (Å²) < 4.78 is 0. The van der Waals surface area contributed by atoms with Gasteiger partial charge < -0.3 is 10.4 Å². The summed E-state index contributed by atoms with van der Waals surface area (Å²) in [7, 11) is 0. The van der Waals surface area contributed by atoms with Gasteiger partial charge in [0.15, 0.2) is 5.78 Å². The Morgan fingerprint density at radius 2 is 1.45 bits per heavy atom. The third-order valence-corrected chi connectivity index (χ3v) is 3.26. The smallest absolute Gasteiger partial charge is 0.336 e. The van der Waals surface area contributed by atoms with Crippen LogP contribution in [-0.4, -0.2) is 29.3 Å². The molecule has 0 aliphatic rings. The van der Waals surface area contributed by atoms with E-state index < -0.39 is 11.9 Å². The van der Waals surface area contributed by atoms with Crippen LogP contribution in [-0.2, 0) is 0 Å². The first-order valence-electron chi connectivity index (χ1n) is 6.70. The van der Waals surface area contributed by atoms with Crippen molar-refractivity contribution < 1.29 is 19.5 Å². The SMILES string of the molecule is Cc1ccccc1C(=O)CNC(=O)c1ccccc1C(=O)O. The van der Waals surface area contributed by atoms with Gasteiger partial charge in [0.05, 0.1) is 17.7 Å². The van der Waals surface area contributed by atoms with E-state index in [4.69, 9.17) is 5.11 Å². The zero-order chi connectivity index (χ0) is 16.1. The Morgan fingerprint density at radius 1 is 0.909 bits per heavy atom. The van der Waals surface area contributed by atoms with Crippen LogP contribution in [0.15, 0.2) is 48.5 Å². The monoisotopic (exact) mass is 297 g/mol. The van der Waals surface area contributed by atoms with E-state index in [1.54, 1.807) is 24.3 Å². The largest absolute Gasteiger partial charge is 0.478 e. The lowest BCUT2D eigenvalue weighted by molar-refractivity contribution is 0.0691. The number of carbonyl (C=O) groups is 3. The highest BCUT2D eigenvalue weighted by Gasteiger charge is 2.17. The van der Waals surface area contributed by atoms with Crippen molar-refractivity contribution in [3.8, 4) is 0 Å². The standard InChI is InChI=1S/C17H15NO4/c1-11-6-2-3-7-12(11)15(19)10-18-16(20)13-8-4-5-9-14(13)17(21)22/h2-9H,10H2,1H3,(H,18,20)(H,21,22). The summed E-state index contributed by atoms with van der Waals surface area (Å²) in [6.07, 6.45) is 0. The molecule has 0 fully saturated rings. The number of amides is 1. The van der Waals surface area contributed by atoms with E-state index in [1.807, 2.05) is 19.1 Å². The molecule has 0 saturated heterocycles. The molecule has 0 unspecified atom stereocenters. The maximum atomic E-state index is 12.1. The number of carbonyl (C=O) groups excluding carboxylic acids is 2. The van der Waals surface area contributed by atoms with Gasteiger partial charge in [-0.05, 0) is 24.6 Å². The van der Waals surface area contributed by atoms with Gasteiger partial charge in [0.25, 0.3) is 5.91 Å². The van der Waals surface area contributed by atoms with Crippen molar-refractivity contribution in [1.82, 2.24) is 5.32 Å². The number of hydrogen-bond donors (Lipinski definition) is 2. The number of ketones is 1. The van der Waals surface area contributed by atoms with Crippen LogP contribution in [0, 0.1) is 6.92 Å². The summed E-state index contributed by atoms with van der Waals surface area (Å²) in [4.78, 5) is 35.2. The average molecular weight is 297 g/mol. The van der Waals surface area contributed by atoms with Crippen LogP contribution in [0.1, 0.15) is 36.6 Å². The third-order valence-electron chi connectivity index (χ3n) is 3.26. The number of nitrogens with one attached hydrogen (secondary N) is 1. The van der Waals surface area contributed by atoms with Gasteiger partial charge in [-0.15, -0.1) is 0 Å². The molecule has 22 heavy (non-hydrogen) atoms. The summed E-state index contributed by atoms with van der Waals surface area (Å²) in [5, 5.41) is 11.5. The Morgan fingerprint density at radius 3 is 2.05 bits per heavy atom. The number of rotatable bonds is 5. The summed E-state index contributed by atoms with van der Waals surface area (Å²) >= 11 is 0. The Bertz CT molecular complexity index is 737. The van der Waals surface area contributed by atoms with Gasteiger partial charge in [0, 0.05) is 5.56 Å². The highest BCUT2D eigenvalue weighted by Crippen LogP contribution is 2.10. The van der Waals surface area contributed by atoms with Crippen molar-refractivity contribution in [2.45, 2.75) is 6.92 Å². The molecule has 0 aliphatic carbocycles. The molecule has 112 valence electrons. The summed E-state index contributed by atoms with van der Waals surface area (Å²) in [5.41, 5.74) is 1.30. The van der Waals surface area contributed by atoms with E-state index in [0.717, 1.165) is 5.56 Å². The second-order valence-electron chi connectivity index (χ2n) is 4.77. The highest BCUT2D eigenvalue weighted by molar-refractivity contribution is 6.07. The number of Topliss-reactive ketones (excluding diaryl/α,β-unsaturated/α-hetero) is 1. The first-order chi connectivity index (χ1) is 10.5. The molecule has 2 N–H and O–H groups in total. The third kappa shape index (κ3) is 3.38. The zero-order valence-electron chi connectivity index (χ0n) is 12.0. The molecule has 1 amide bonds. The molecule has 5 heteroatoms. The molecular formula is C17H15NO4. The lowest BCUT2D eigenvalue weighted by atomic mass is 10.0. The van der Waals surface area contributed by atoms with Crippen molar-refractivity contribution >= 4 is 17.7 Å². The van der Waals surface area contributed by atoms with E-state index >= 15 is 0 Å². The number of carboxylic acids is 1. The van der Waals surface area contributed by atoms with Crippen LogP contribution in [0.3, 0.4) is 0 Å². The number of carboxylic acid groups (broad SMARTS) is 1. The molecule has 0 aromatic heterocycles. The van der Waals surface area contributed by atoms with Crippen LogP contribution in [0.2, 0.25) is 0 Å². The Balaban J connectivity index is 2.09. The normalized spacial score (nSPS) is 10.0. The fourth-order valence-electron chi connectivity index (χ4n) is 2.10. The van der Waals surface area contributed by atoms with Gasteiger partial charge in [0.2, 0.25) is 0 Å².